The van der Waals surface area contributed by atoms with Gasteiger partial charge in [0.25, 0.3) is 17.5 Å². The van der Waals surface area contributed by atoms with Crippen molar-refractivity contribution in [3.63, 3.8) is 0 Å². The summed E-state index contributed by atoms with van der Waals surface area (Å²) in [6.45, 7) is 6.23. The Morgan fingerprint density at radius 3 is 2.44 bits per heavy atom. The van der Waals surface area contributed by atoms with Gasteiger partial charge in [-0.05, 0) is 37.1 Å². The highest BCUT2D eigenvalue weighted by molar-refractivity contribution is 6.23. The van der Waals surface area contributed by atoms with Gasteiger partial charge in [-0.15, -0.1) is 0 Å². The minimum Gasteiger partial charge on any atom is -0.353 e. The number of nitrogens with zero attached hydrogens (tertiary/aromatic N) is 5. The number of pyridine rings is 1. The molecule has 0 atom stereocenters. The van der Waals surface area contributed by atoms with Gasteiger partial charge in [-0.1, -0.05) is 24.3 Å². The SMILES string of the molecule is Cc1cc(N2CCN(C(=O)CCN3C(=O)c4cccc([N+](=O)[O-])c4C3=O)CC2)nc2c(C)cccc12. The number of nitro benzene ring substituents is 1. The minimum absolute atomic E-state index is 0.00341. The molecule has 2 aliphatic heterocycles. The van der Waals surface area contributed by atoms with E-state index in [-0.39, 0.29) is 30.0 Å². The molecule has 0 spiro atoms. The Morgan fingerprint density at radius 1 is 1.00 bits per heavy atom. The third-order valence-electron chi connectivity index (χ3n) is 6.91. The number of benzene rings is 2. The number of piperazine rings is 1. The fourth-order valence-electron chi connectivity index (χ4n) is 4.93. The monoisotopic (exact) mass is 487 g/mol. The van der Waals surface area contributed by atoms with Crippen molar-refractivity contribution in [2.75, 3.05) is 37.6 Å². The van der Waals surface area contributed by atoms with Crippen molar-refractivity contribution in [1.82, 2.24) is 14.8 Å². The second-order valence-electron chi connectivity index (χ2n) is 9.11. The van der Waals surface area contributed by atoms with Crippen molar-refractivity contribution in [3.8, 4) is 0 Å². The number of para-hydroxylation sites is 1. The lowest BCUT2D eigenvalue weighted by molar-refractivity contribution is -0.385. The molecular weight excluding hydrogens is 462 g/mol. The Kier molecular flexibility index (Phi) is 5.87. The summed E-state index contributed by atoms with van der Waals surface area (Å²) in [6.07, 6.45) is -0.0359. The molecule has 0 bridgehead atoms. The number of fused-ring (bicyclic) bond motifs is 2. The number of amides is 3. The lowest BCUT2D eigenvalue weighted by atomic mass is 10.1. The quantitative estimate of drug-likeness (QED) is 0.308. The molecule has 0 aliphatic carbocycles. The van der Waals surface area contributed by atoms with Crippen molar-refractivity contribution in [2.45, 2.75) is 20.3 Å². The number of imide groups is 1. The zero-order chi connectivity index (χ0) is 25.6. The molecule has 0 radical (unpaired) electrons. The number of carbonyl (C=O) groups excluding carboxylic acids is 3. The Bertz CT molecular complexity index is 1430. The molecular formula is C26H25N5O5. The number of hydrogen-bond donors (Lipinski definition) is 0. The first kappa shape index (κ1) is 23.4. The van der Waals surface area contributed by atoms with E-state index in [0.717, 1.165) is 32.7 Å². The second kappa shape index (κ2) is 9.03. The Labute approximate surface area is 207 Å². The summed E-state index contributed by atoms with van der Waals surface area (Å²) in [7, 11) is 0. The van der Waals surface area contributed by atoms with Crippen LogP contribution in [-0.2, 0) is 4.79 Å². The molecule has 0 saturated carbocycles. The molecule has 1 aromatic heterocycles. The van der Waals surface area contributed by atoms with E-state index in [1.807, 2.05) is 19.1 Å². The fraction of sp³-hybridized carbons (Fsp3) is 0.308. The second-order valence-corrected chi connectivity index (χ2v) is 9.11. The Balaban J connectivity index is 1.21. The summed E-state index contributed by atoms with van der Waals surface area (Å²) in [6, 6.07) is 12.2. The molecule has 0 N–H and O–H groups in total. The van der Waals surface area contributed by atoms with Crippen LogP contribution in [0.15, 0.2) is 42.5 Å². The normalized spacial score (nSPS) is 15.6. The number of nitro groups is 1. The van der Waals surface area contributed by atoms with Gasteiger partial charge in [0, 0.05) is 50.6 Å². The number of hydrogen-bond acceptors (Lipinski definition) is 7. The summed E-state index contributed by atoms with van der Waals surface area (Å²) in [5, 5.41) is 12.4. The predicted octanol–water partition coefficient (Wildman–Crippen LogP) is 3.09. The summed E-state index contributed by atoms with van der Waals surface area (Å²) >= 11 is 0. The average molecular weight is 488 g/mol. The zero-order valence-electron chi connectivity index (χ0n) is 20.1. The number of rotatable bonds is 5. The van der Waals surface area contributed by atoms with Crippen LogP contribution < -0.4 is 4.90 Å². The van der Waals surface area contributed by atoms with Crippen molar-refractivity contribution in [3.05, 3.63) is 74.8 Å². The molecule has 184 valence electrons. The van der Waals surface area contributed by atoms with E-state index in [2.05, 4.69) is 24.0 Å². The first-order valence-corrected chi connectivity index (χ1v) is 11.8. The fourth-order valence-corrected chi connectivity index (χ4v) is 4.93. The van der Waals surface area contributed by atoms with Crippen molar-refractivity contribution in [1.29, 1.82) is 0 Å². The van der Waals surface area contributed by atoms with Crippen LogP contribution in [0.3, 0.4) is 0 Å². The zero-order valence-corrected chi connectivity index (χ0v) is 20.1. The standard InChI is InChI=1S/C26H25N5O5/c1-16-5-3-6-18-17(2)15-21(27-24(16)18)28-11-13-29(14-12-28)22(32)9-10-30-25(33)19-7-4-8-20(31(35)36)23(19)26(30)34/h3-8,15H,9-14H2,1-2H3. The molecule has 10 heteroatoms. The number of aryl methyl sites for hydroxylation is 2. The van der Waals surface area contributed by atoms with Crippen LogP contribution in [0.2, 0.25) is 0 Å². The third kappa shape index (κ3) is 3.94. The molecule has 1 fully saturated rings. The van der Waals surface area contributed by atoms with Crippen molar-refractivity contribution in [2.24, 2.45) is 0 Å². The van der Waals surface area contributed by atoms with Gasteiger partial charge in [0.15, 0.2) is 0 Å². The third-order valence-corrected chi connectivity index (χ3v) is 6.91. The van der Waals surface area contributed by atoms with Gasteiger partial charge in [-0.2, -0.15) is 0 Å². The highest BCUT2D eigenvalue weighted by Crippen LogP contribution is 2.31. The highest BCUT2D eigenvalue weighted by Gasteiger charge is 2.41. The molecule has 36 heavy (non-hydrogen) atoms. The van der Waals surface area contributed by atoms with E-state index >= 15 is 0 Å². The molecule has 1 saturated heterocycles. The topological polar surface area (TPSA) is 117 Å². The van der Waals surface area contributed by atoms with Crippen LogP contribution in [0, 0.1) is 24.0 Å². The van der Waals surface area contributed by atoms with Crippen LogP contribution in [0.25, 0.3) is 10.9 Å². The van der Waals surface area contributed by atoms with E-state index < -0.39 is 22.4 Å². The largest absolute Gasteiger partial charge is 0.353 e. The predicted molar refractivity (Wildman–Crippen MR) is 133 cm³/mol. The molecule has 3 aromatic rings. The van der Waals surface area contributed by atoms with E-state index in [4.69, 9.17) is 4.98 Å². The van der Waals surface area contributed by atoms with E-state index in [0.29, 0.717) is 26.2 Å². The average Bonchev–Trinajstić information content (AvgIpc) is 3.12. The van der Waals surface area contributed by atoms with Crippen molar-refractivity contribution < 1.29 is 19.3 Å². The molecule has 2 aromatic carbocycles. The Hall–Kier alpha value is -4.34. The maximum atomic E-state index is 12.9. The van der Waals surface area contributed by atoms with Gasteiger partial charge in [0.05, 0.1) is 16.0 Å². The van der Waals surface area contributed by atoms with Crippen LogP contribution in [0.5, 0.6) is 0 Å². The molecule has 3 amide bonds. The Morgan fingerprint density at radius 2 is 1.72 bits per heavy atom. The van der Waals surface area contributed by atoms with Crippen LogP contribution >= 0.6 is 0 Å². The maximum absolute atomic E-state index is 12.9. The van der Waals surface area contributed by atoms with Gasteiger partial charge in [-0.3, -0.25) is 29.4 Å². The molecule has 10 nitrogen and oxygen atoms in total. The number of anilines is 1. The molecule has 0 unspecified atom stereocenters. The molecule has 5 rings (SSSR count). The lowest BCUT2D eigenvalue weighted by Gasteiger charge is -2.36. The number of aromatic nitrogens is 1. The lowest BCUT2D eigenvalue weighted by Crippen LogP contribution is -2.49. The smallest absolute Gasteiger partial charge is 0.282 e. The molecule has 3 heterocycles. The van der Waals surface area contributed by atoms with Crippen LogP contribution in [0.4, 0.5) is 11.5 Å². The first-order valence-electron chi connectivity index (χ1n) is 11.8. The summed E-state index contributed by atoms with van der Waals surface area (Å²) in [5.41, 5.74) is 2.64. The summed E-state index contributed by atoms with van der Waals surface area (Å²) in [4.78, 5) is 58.5. The van der Waals surface area contributed by atoms with E-state index in [9.17, 15) is 24.5 Å². The van der Waals surface area contributed by atoms with E-state index in [1.165, 1.54) is 18.2 Å². The van der Waals surface area contributed by atoms with Crippen LogP contribution in [-0.4, -0.2) is 70.2 Å². The van der Waals surface area contributed by atoms with Gasteiger partial charge in [0.2, 0.25) is 5.91 Å². The van der Waals surface area contributed by atoms with Crippen molar-refractivity contribution >= 4 is 40.1 Å². The van der Waals surface area contributed by atoms with Crippen LogP contribution in [0.1, 0.15) is 38.3 Å². The number of carbonyl (C=O) groups is 3. The maximum Gasteiger partial charge on any atom is 0.282 e. The van der Waals surface area contributed by atoms with Gasteiger partial charge < -0.3 is 9.80 Å². The minimum atomic E-state index is -0.729. The highest BCUT2D eigenvalue weighted by atomic mass is 16.6. The molecule has 2 aliphatic rings. The van der Waals surface area contributed by atoms with Gasteiger partial charge in [0.1, 0.15) is 11.4 Å². The first-order chi connectivity index (χ1) is 17.3. The van der Waals surface area contributed by atoms with Gasteiger partial charge >= 0.3 is 0 Å². The van der Waals surface area contributed by atoms with Gasteiger partial charge in [-0.25, -0.2) is 4.98 Å². The summed E-state index contributed by atoms with van der Waals surface area (Å²) in [5.74, 6) is -0.620. The van der Waals surface area contributed by atoms with E-state index in [1.54, 1.807) is 4.90 Å². The summed E-state index contributed by atoms with van der Waals surface area (Å²) < 4.78 is 0.